The van der Waals surface area contributed by atoms with Crippen molar-refractivity contribution in [3.63, 3.8) is 0 Å². The molecule has 9 nitrogen and oxygen atoms in total. The summed E-state index contributed by atoms with van der Waals surface area (Å²) in [7, 11) is 8.35. The largest absolute Gasteiger partial charge is 0.327 e. The van der Waals surface area contributed by atoms with Gasteiger partial charge in [-0.1, -0.05) is 209 Å². The molecular formula is C109H243N9S21. The Morgan fingerprint density at radius 3 is 0.914 bits per heavy atom. The van der Waals surface area contributed by atoms with Gasteiger partial charge in [0.1, 0.15) is 0 Å². The second-order valence-corrected chi connectivity index (χ2v) is 58.0. The van der Waals surface area contributed by atoms with Gasteiger partial charge in [-0.3, -0.25) is 0 Å². The Kier molecular flexibility index (Phi) is 125. The molecule has 5 N–H and O–H groups in total. The van der Waals surface area contributed by atoms with E-state index in [9.17, 15) is 0 Å². The average molecular weight is 2350 g/mol. The summed E-state index contributed by atoms with van der Waals surface area (Å²) in [6.45, 7) is 63.3. The Hall–Kier alpha value is 6.99. The summed E-state index contributed by atoms with van der Waals surface area (Å²) in [6, 6.07) is 1.81. The van der Waals surface area contributed by atoms with Crippen molar-refractivity contribution in [3.8, 4) is 0 Å². The molecule has 6 aliphatic heterocycles. The maximum atomic E-state index is 5.22. The topological polar surface area (TPSA) is 78.3 Å². The molecule has 14 fully saturated rings. The van der Waals surface area contributed by atoms with Gasteiger partial charge in [0.2, 0.25) is 0 Å². The van der Waals surface area contributed by atoms with Gasteiger partial charge in [-0.05, 0) is 331 Å². The highest BCUT2D eigenvalue weighted by Gasteiger charge is 2.36. The van der Waals surface area contributed by atoms with Crippen LogP contribution in [0.15, 0.2) is 0 Å². The molecule has 14 aliphatic rings. The minimum atomic E-state index is 0.236. The van der Waals surface area contributed by atoms with Crippen molar-refractivity contribution >= 4 is 265 Å². The zero-order chi connectivity index (χ0) is 108. The molecule has 3 atom stereocenters. The molecule has 6 heterocycles. The molecular weight excluding hydrogens is 2110 g/mol. The summed E-state index contributed by atoms with van der Waals surface area (Å²) in [6.07, 6.45) is 52.6. The number of unbranched alkanes of at least 4 members (excludes halogenated alkanes) is 1. The lowest BCUT2D eigenvalue weighted by Crippen LogP contribution is -2.44. The molecule has 30 heteroatoms. The van der Waals surface area contributed by atoms with E-state index in [0.717, 1.165) is 154 Å². The molecule has 8 aliphatic carbocycles. The van der Waals surface area contributed by atoms with Crippen molar-refractivity contribution in [2.45, 2.75) is 470 Å². The minimum absolute atomic E-state index is 0.236. The third kappa shape index (κ3) is 134. The third-order valence-corrected chi connectivity index (χ3v) is 35.2. The molecule has 1 unspecified atom stereocenters. The second kappa shape index (κ2) is 108. The lowest BCUT2D eigenvalue weighted by atomic mass is 9.86. The zero-order valence-corrected chi connectivity index (χ0v) is 114. The van der Waals surface area contributed by atoms with E-state index in [4.69, 9.17) is 5.73 Å². The predicted octanol–water partition coefficient (Wildman–Crippen LogP) is 30.9. The molecule has 0 amide bonds. The van der Waals surface area contributed by atoms with Crippen molar-refractivity contribution in [2.75, 3.05) is 184 Å². The van der Waals surface area contributed by atoms with Crippen LogP contribution in [0, 0.1) is 34.5 Å². The molecule has 0 bridgehead atoms. The number of hydrogen-bond acceptors (Lipinski definition) is 30. The SMILES string of the molecule is CC(C)(C)CS.CC(C)CS.CC(C)CS.CC(N)CS.CC1(CS)CC1.CC1(S)CCC1.CC1(S)CCCCC1.CC1CC(S)C1.CC1CC(S)C1.CCC(C)(C)S.CCC1(S)CC1.CCCCS.CCN(CC)CCS.CC[C@@H]1CCCN1.CN(C)CCS.CN1CC(S)C1.CN1CCC(S)CC1.SC1CCCCC1.SC1CCCCC1.SC1CNC1.SCCN1CCCC1.SC[C@H]1CCCN1. The highest BCUT2D eigenvalue weighted by Crippen LogP contribution is 2.46. The number of thiol groups is 21. The number of piperidine rings is 1. The van der Waals surface area contributed by atoms with Crippen LogP contribution in [0.5, 0.6) is 0 Å². The van der Waals surface area contributed by atoms with E-state index < -0.39 is 0 Å². The van der Waals surface area contributed by atoms with E-state index in [1.54, 1.807) is 0 Å². The Balaban J connectivity index is -0.000000216. The molecule has 0 radical (unpaired) electrons. The highest BCUT2D eigenvalue weighted by molar-refractivity contribution is 7.84. The van der Waals surface area contributed by atoms with Crippen LogP contribution in [0.1, 0.15) is 396 Å². The smallest absolute Gasteiger partial charge is 0.0271 e. The van der Waals surface area contributed by atoms with Gasteiger partial charge in [-0.15, -0.1) is 0 Å². The molecule has 0 spiro atoms. The van der Waals surface area contributed by atoms with Crippen LogP contribution in [-0.4, -0.2) is 282 Å². The maximum Gasteiger partial charge on any atom is 0.0271 e. The van der Waals surface area contributed by atoms with Gasteiger partial charge in [0.15, 0.2) is 0 Å². The van der Waals surface area contributed by atoms with Gasteiger partial charge < -0.3 is 46.2 Å². The van der Waals surface area contributed by atoms with E-state index in [1.807, 2.05) is 21.0 Å². The number of rotatable bonds is 18. The predicted molar refractivity (Wildman–Crippen MR) is 724 cm³/mol. The standard InChI is InChI=1S/C7H14S.2C6H13NS.C6H15NS.C6H13N.2C6H12S.C5H11NS.5C5H10S.2C5H12S.C4H9NS.C4H11NS.3C4H10S.C3H7NS.C3H9NS/c1-7(8)5-3-2-4-6-7;1-7-4-2-6(8)3-5-7;8-6-5-7-3-1-2-4-7;1-3-7(4-2)5-6-8;1-2-6-4-3-5-7-6;2*7-6-4-2-1-3-5-6;7-4-5-2-1-3-6-5;2*1-4-2-5(6)3-4;1-5(4-6)2-3-5;1-5(6)3-2-4-5;1-2-5(6)3-4-5;1-5(2,3)4-6;1-4-5(2,3)6;1-5-2-4(6)3-5;1-5(2)3-4-6;2*1-4(2)3-5;1-2-3-4-5;5-3-1-4-2-3;1-3(4)2-5/h8H,2-6H2,1H3;6,8H,2-5H2,1H3;8H,1-6H2;8H,3-6H2,1-2H3;6-7H,2-5H2,1H3;2*6-7H,1-5H2;5-7H,1-4H2;2*4-6H,2-3H2,1H3;3*6H,2-4H2,1H3;2*6H,4H2,1-3H3;4,6H,2-3H2,1H3;6H,3-4H2,1-2H3;2*4-5H,3H2,1-2H3;5H,2-4H2,1H3;3-5H,1-2H2;3,5H,2,4H2,1H3/t;;;;6-;;;5-;;;;;;;;;;;;;;/m....1..1............../s1. The van der Waals surface area contributed by atoms with Gasteiger partial charge in [-0.25, -0.2) is 0 Å². The molecule has 0 aromatic rings. The fourth-order valence-electron chi connectivity index (χ4n) is 12.9. The van der Waals surface area contributed by atoms with Crippen LogP contribution >= 0.6 is 265 Å². The van der Waals surface area contributed by atoms with E-state index in [1.165, 1.54) is 303 Å². The lowest BCUT2D eigenvalue weighted by molar-refractivity contribution is 0.241. The lowest BCUT2D eigenvalue weighted by Gasteiger charge is -2.32. The number of nitrogens with two attached hydrogens (primary N) is 1. The highest BCUT2D eigenvalue weighted by atomic mass is 32.1. The molecule has 8 saturated carbocycles. The van der Waals surface area contributed by atoms with Crippen molar-refractivity contribution < 1.29 is 0 Å². The summed E-state index contributed by atoms with van der Waals surface area (Å²) in [5, 5.41) is 14.7. The van der Waals surface area contributed by atoms with Gasteiger partial charge in [0, 0.05) is 148 Å². The van der Waals surface area contributed by atoms with Crippen molar-refractivity contribution in [1.82, 2.24) is 40.4 Å². The summed E-state index contributed by atoms with van der Waals surface area (Å²) < 4.78 is 1.51. The molecule has 0 aromatic carbocycles. The van der Waals surface area contributed by atoms with Crippen molar-refractivity contribution in [2.24, 2.45) is 40.2 Å². The van der Waals surface area contributed by atoms with Crippen LogP contribution in [0.25, 0.3) is 0 Å². The van der Waals surface area contributed by atoms with E-state index in [-0.39, 0.29) is 10.8 Å². The first-order chi connectivity index (χ1) is 65.0. The number of nitrogens with one attached hydrogen (secondary N) is 3. The normalized spacial score (nSPS) is 23.2. The summed E-state index contributed by atoms with van der Waals surface area (Å²) >= 11 is 88.0. The Morgan fingerprint density at radius 2 is 0.806 bits per heavy atom. The molecule has 139 heavy (non-hydrogen) atoms. The Labute approximate surface area is 988 Å². The average Bonchev–Trinajstić information content (AvgIpc) is 1.71. The van der Waals surface area contributed by atoms with Gasteiger partial charge in [0.05, 0.1) is 0 Å². The first-order valence-electron chi connectivity index (χ1n) is 55.2. The Morgan fingerprint density at radius 1 is 0.439 bits per heavy atom. The number of hydrogen-bond donors (Lipinski definition) is 25. The number of likely N-dealkylation sites (tertiary alicyclic amines) is 3. The van der Waals surface area contributed by atoms with Crippen LogP contribution < -0.4 is 21.7 Å². The number of nitrogens with zero attached hydrogens (tertiary/aromatic N) is 5. The van der Waals surface area contributed by atoms with E-state index >= 15 is 0 Å². The van der Waals surface area contributed by atoms with E-state index in [2.05, 4.69) is 458 Å². The maximum absolute atomic E-state index is 5.22. The fraction of sp³-hybridized carbons (Fsp3) is 1.00. The monoisotopic (exact) mass is 2350 g/mol. The summed E-state index contributed by atoms with van der Waals surface area (Å²) in [5.41, 5.74) is 6.28. The molecule has 14 rings (SSSR count). The summed E-state index contributed by atoms with van der Waals surface area (Å²) in [5.74, 6) is 13.2. The first kappa shape index (κ1) is 161. The van der Waals surface area contributed by atoms with Crippen LogP contribution in [0.4, 0.5) is 0 Å². The van der Waals surface area contributed by atoms with Gasteiger partial charge in [0.25, 0.3) is 0 Å². The van der Waals surface area contributed by atoms with Crippen molar-refractivity contribution in [1.29, 1.82) is 0 Å². The minimum Gasteiger partial charge on any atom is -0.327 e. The Bertz CT molecular complexity index is 2150. The first-order valence-corrected chi connectivity index (χ1v) is 66.9. The van der Waals surface area contributed by atoms with Crippen LogP contribution in [-0.2, 0) is 0 Å². The molecule has 0 aromatic heterocycles. The van der Waals surface area contributed by atoms with Crippen LogP contribution in [0.3, 0.4) is 0 Å². The van der Waals surface area contributed by atoms with Crippen molar-refractivity contribution in [3.05, 3.63) is 0 Å². The zero-order valence-electron chi connectivity index (χ0n) is 95.0. The van der Waals surface area contributed by atoms with Gasteiger partial charge >= 0.3 is 0 Å². The fourth-order valence-corrected chi connectivity index (χ4v) is 18.8. The second-order valence-electron chi connectivity index (χ2n) is 44.7. The molecule has 850 valence electrons. The third-order valence-electron chi connectivity index (χ3n) is 25.1. The van der Waals surface area contributed by atoms with Crippen LogP contribution in [0.2, 0.25) is 0 Å². The quantitative estimate of drug-likeness (QED) is 0.0615. The van der Waals surface area contributed by atoms with Gasteiger partial charge in [-0.2, -0.15) is 265 Å². The molecule has 6 saturated heterocycles. The van der Waals surface area contributed by atoms with E-state index in [0.29, 0.717) is 46.9 Å². The summed E-state index contributed by atoms with van der Waals surface area (Å²) in [4.78, 5) is 11.5.